The summed E-state index contributed by atoms with van der Waals surface area (Å²) in [6.07, 6.45) is 0.150. The van der Waals surface area contributed by atoms with E-state index in [1.165, 1.54) is 0 Å². The Morgan fingerprint density at radius 2 is 2.00 bits per heavy atom. The van der Waals surface area contributed by atoms with Crippen LogP contribution in [0, 0.1) is 5.92 Å². The van der Waals surface area contributed by atoms with Gasteiger partial charge in [0.25, 0.3) is 0 Å². The van der Waals surface area contributed by atoms with Gasteiger partial charge in [-0.2, -0.15) is 0 Å². The second-order valence-corrected chi connectivity index (χ2v) is 5.91. The normalized spacial score (nSPS) is 14.0. The minimum Gasteiger partial charge on any atom is -0.459 e. The molecular weight excluding hydrogens is 280 g/mol. The Hall–Kier alpha value is -2.01. The fourth-order valence-electron chi connectivity index (χ4n) is 2.20. The van der Waals surface area contributed by atoms with Crippen LogP contribution in [0.25, 0.3) is 11.0 Å². The van der Waals surface area contributed by atoms with E-state index in [1.54, 1.807) is 0 Å². The first kappa shape index (κ1) is 16.4. The molecule has 0 radical (unpaired) electrons. The van der Waals surface area contributed by atoms with Gasteiger partial charge in [-0.3, -0.25) is 0 Å². The zero-order chi connectivity index (χ0) is 16.1. The fraction of sp³-hybridized carbons (Fsp3) is 0.471. The number of benzene rings is 1. The Kier molecular flexibility index (Phi) is 5.44. The Morgan fingerprint density at radius 1 is 1.27 bits per heavy atom. The molecule has 0 aliphatic rings. The SMILES string of the molecule is CC(NC(=O)NCCC(O)C(C)C)c1cc2ccccc2o1. The van der Waals surface area contributed by atoms with E-state index in [-0.39, 0.29) is 18.0 Å². The lowest BCUT2D eigenvalue weighted by Crippen LogP contribution is -2.38. The first-order chi connectivity index (χ1) is 10.5. The average molecular weight is 304 g/mol. The summed E-state index contributed by atoms with van der Waals surface area (Å²) in [6, 6.07) is 9.20. The zero-order valence-corrected chi connectivity index (χ0v) is 13.3. The quantitative estimate of drug-likeness (QED) is 0.767. The number of amides is 2. The van der Waals surface area contributed by atoms with Gasteiger partial charge in [0.1, 0.15) is 11.3 Å². The largest absolute Gasteiger partial charge is 0.459 e. The average Bonchev–Trinajstić information content (AvgIpc) is 2.91. The molecule has 2 atom stereocenters. The first-order valence-electron chi connectivity index (χ1n) is 7.68. The molecule has 2 aromatic rings. The smallest absolute Gasteiger partial charge is 0.315 e. The minimum absolute atomic E-state index is 0.194. The van der Waals surface area contributed by atoms with Gasteiger partial charge in [0, 0.05) is 11.9 Å². The van der Waals surface area contributed by atoms with E-state index in [2.05, 4.69) is 10.6 Å². The van der Waals surface area contributed by atoms with Gasteiger partial charge in [-0.1, -0.05) is 32.0 Å². The number of urea groups is 1. The number of nitrogens with one attached hydrogen (secondary N) is 2. The van der Waals surface area contributed by atoms with Gasteiger partial charge < -0.3 is 20.2 Å². The van der Waals surface area contributed by atoms with E-state index in [9.17, 15) is 9.90 Å². The van der Waals surface area contributed by atoms with Gasteiger partial charge in [0.2, 0.25) is 0 Å². The molecule has 0 aliphatic heterocycles. The molecule has 5 nitrogen and oxygen atoms in total. The number of carbonyl (C=O) groups is 1. The second kappa shape index (κ2) is 7.31. The maximum Gasteiger partial charge on any atom is 0.315 e. The second-order valence-electron chi connectivity index (χ2n) is 5.91. The van der Waals surface area contributed by atoms with Crippen molar-refractivity contribution < 1.29 is 14.3 Å². The highest BCUT2D eigenvalue weighted by Gasteiger charge is 2.14. The van der Waals surface area contributed by atoms with Crippen molar-refractivity contribution in [2.24, 2.45) is 5.92 Å². The Morgan fingerprint density at radius 3 is 2.68 bits per heavy atom. The molecule has 0 spiro atoms. The summed E-state index contributed by atoms with van der Waals surface area (Å²) < 4.78 is 5.72. The third-order valence-electron chi connectivity index (χ3n) is 3.71. The number of hydrogen-bond acceptors (Lipinski definition) is 3. The van der Waals surface area contributed by atoms with E-state index >= 15 is 0 Å². The Balaban J connectivity index is 1.83. The molecule has 0 aliphatic carbocycles. The van der Waals surface area contributed by atoms with Crippen LogP contribution in [0.3, 0.4) is 0 Å². The van der Waals surface area contributed by atoms with E-state index < -0.39 is 6.10 Å². The third-order valence-corrected chi connectivity index (χ3v) is 3.71. The lowest BCUT2D eigenvalue weighted by atomic mass is 10.0. The number of hydrogen-bond donors (Lipinski definition) is 3. The van der Waals surface area contributed by atoms with Crippen molar-refractivity contribution in [1.82, 2.24) is 10.6 Å². The molecule has 120 valence electrons. The number of para-hydroxylation sites is 1. The van der Waals surface area contributed by atoms with E-state index in [1.807, 2.05) is 51.1 Å². The molecule has 0 fully saturated rings. The van der Waals surface area contributed by atoms with Gasteiger partial charge in [-0.05, 0) is 31.4 Å². The molecule has 2 rings (SSSR count). The van der Waals surface area contributed by atoms with E-state index in [4.69, 9.17) is 4.42 Å². The third kappa shape index (κ3) is 4.24. The number of furan rings is 1. The van der Waals surface area contributed by atoms with Crippen LogP contribution in [0.5, 0.6) is 0 Å². The predicted molar refractivity (Wildman–Crippen MR) is 86.6 cm³/mol. The summed E-state index contributed by atoms with van der Waals surface area (Å²) in [6.45, 7) is 6.22. The number of fused-ring (bicyclic) bond motifs is 1. The summed E-state index contributed by atoms with van der Waals surface area (Å²) in [5.74, 6) is 0.915. The standard InChI is InChI=1S/C17H24N2O3/c1-11(2)14(20)8-9-18-17(21)19-12(3)16-10-13-6-4-5-7-15(13)22-16/h4-7,10-12,14,20H,8-9H2,1-3H3,(H2,18,19,21). The maximum atomic E-state index is 11.8. The number of rotatable bonds is 6. The number of carbonyl (C=O) groups excluding carboxylic acids is 1. The molecule has 2 unspecified atom stereocenters. The molecule has 1 aromatic heterocycles. The van der Waals surface area contributed by atoms with Crippen molar-refractivity contribution in [1.29, 1.82) is 0 Å². The molecule has 0 bridgehead atoms. The molecule has 2 amide bonds. The van der Waals surface area contributed by atoms with E-state index in [0.717, 1.165) is 16.7 Å². The summed E-state index contributed by atoms with van der Waals surface area (Å²) >= 11 is 0. The molecule has 1 heterocycles. The molecule has 5 heteroatoms. The highest BCUT2D eigenvalue weighted by molar-refractivity contribution is 5.78. The fourth-order valence-corrected chi connectivity index (χ4v) is 2.20. The van der Waals surface area contributed by atoms with Crippen molar-refractivity contribution in [3.05, 3.63) is 36.1 Å². The monoisotopic (exact) mass is 304 g/mol. The van der Waals surface area contributed by atoms with Crippen LogP contribution in [0.4, 0.5) is 4.79 Å². The predicted octanol–water partition coefficient (Wildman–Crippen LogP) is 3.20. The summed E-state index contributed by atoms with van der Waals surface area (Å²) in [7, 11) is 0. The van der Waals surface area contributed by atoms with Crippen LogP contribution in [0.2, 0.25) is 0 Å². The molecular formula is C17H24N2O3. The summed E-state index contributed by atoms with van der Waals surface area (Å²) in [4.78, 5) is 11.8. The molecule has 3 N–H and O–H groups in total. The van der Waals surface area contributed by atoms with Gasteiger partial charge in [-0.15, -0.1) is 0 Å². The van der Waals surface area contributed by atoms with Gasteiger partial charge in [0.15, 0.2) is 0 Å². The first-order valence-corrected chi connectivity index (χ1v) is 7.68. The van der Waals surface area contributed by atoms with Crippen molar-refractivity contribution in [2.45, 2.75) is 39.3 Å². The van der Waals surface area contributed by atoms with Crippen LogP contribution >= 0.6 is 0 Å². The van der Waals surface area contributed by atoms with Gasteiger partial charge in [0.05, 0.1) is 12.1 Å². The maximum absolute atomic E-state index is 11.8. The summed E-state index contributed by atoms with van der Waals surface area (Å²) in [5.41, 5.74) is 0.812. The van der Waals surface area contributed by atoms with Crippen LogP contribution in [-0.2, 0) is 0 Å². The Labute approximate surface area is 130 Å². The molecule has 0 saturated heterocycles. The molecule has 22 heavy (non-hydrogen) atoms. The minimum atomic E-state index is -0.395. The van der Waals surface area contributed by atoms with Crippen molar-refractivity contribution in [3.63, 3.8) is 0 Å². The van der Waals surface area contributed by atoms with E-state index in [0.29, 0.717) is 13.0 Å². The number of aliphatic hydroxyl groups is 1. The van der Waals surface area contributed by atoms with Crippen LogP contribution < -0.4 is 10.6 Å². The zero-order valence-electron chi connectivity index (χ0n) is 13.3. The van der Waals surface area contributed by atoms with Crippen molar-refractivity contribution in [2.75, 3.05) is 6.54 Å². The topological polar surface area (TPSA) is 74.5 Å². The lowest BCUT2D eigenvalue weighted by Gasteiger charge is -2.16. The van der Waals surface area contributed by atoms with Crippen LogP contribution in [0.1, 0.15) is 39.0 Å². The molecule has 0 saturated carbocycles. The van der Waals surface area contributed by atoms with Gasteiger partial charge in [-0.25, -0.2) is 4.79 Å². The van der Waals surface area contributed by atoms with Crippen LogP contribution in [-0.4, -0.2) is 23.8 Å². The van der Waals surface area contributed by atoms with Crippen LogP contribution in [0.15, 0.2) is 34.7 Å². The van der Waals surface area contributed by atoms with Gasteiger partial charge >= 0.3 is 6.03 Å². The summed E-state index contributed by atoms with van der Waals surface area (Å²) in [5, 5.41) is 16.3. The lowest BCUT2D eigenvalue weighted by molar-refractivity contribution is 0.116. The molecule has 1 aromatic carbocycles. The van der Waals surface area contributed by atoms with Crippen molar-refractivity contribution in [3.8, 4) is 0 Å². The highest BCUT2D eigenvalue weighted by atomic mass is 16.3. The number of aliphatic hydroxyl groups excluding tert-OH is 1. The highest BCUT2D eigenvalue weighted by Crippen LogP contribution is 2.23. The Bertz CT molecular complexity index is 588. The van der Waals surface area contributed by atoms with Crippen molar-refractivity contribution >= 4 is 17.0 Å².